The highest BCUT2D eigenvalue weighted by Crippen LogP contribution is 2.18. The van der Waals surface area contributed by atoms with E-state index in [0.29, 0.717) is 0 Å². The zero-order chi connectivity index (χ0) is 14.5. The molecule has 1 heterocycles. The highest BCUT2D eigenvalue weighted by molar-refractivity contribution is 7.09. The van der Waals surface area contributed by atoms with Crippen molar-refractivity contribution >= 4 is 22.1 Å². The topological polar surface area (TPSA) is 20.2 Å². The predicted molar refractivity (Wildman–Crippen MR) is 90.9 cm³/mol. The molecule has 0 aliphatic carbocycles. The van der Waals surface area contributed by atoms with Crippen molar-refractivity contribution in [2.75, 3.05) is 0 Å². The molecular formula is C19H20OS. The lowest BCUT2D eigenvalue weighted by atomic mass is 10.0. The molecule has 108 valence electrons. The molecule has 21 heavy (non-hydrogen) atoms. The highest BCUT2D eigenvalue weighted by Gasteiger charge is 2.06. The van der Waals surface area contributed by atoms with Crippen molar-refractivity contribution in [3.8, 4) is 0 Å². The summed E-state index contributed by atoms with van der Waals surface area (Å²) in [6.07, 6.45) is 3.49. The molecule has 0 aliphatic rings. The van der Waals surface area contributed by atoms with Gasteiger partial charge in [-0.15, -0.1) is 11.3 Å². The maximum absolute atomic E-state index is 10.2. The average Bonchev–Trinajstić information content (AvgIpc) is 3.00. The summed E-state index contributed by atoms with van der Waals surface area (Å²) in [7, 11) is 0. The number of rotatable bonds is 6. The Morgan fingerprint density at radius 1 is 0.952 bits per heavy atom. The summed E-state index contributed by atoms with van der Waals surface area (Å²) in [5.41, 5.74) is 1.22. The van der Waals surface area contributed by atoms with Crippen LogP contribution < -0.4 is 0 Å². The van der Waals surface area contributed by atoms with Gasteiger partial charge in [0.15, 0.2) is 0 Å². The SMILES string of the molecule is OC(CCCc1cccs1)Cc1ccc2ccccc2c1. The molecule has 0 bridgehead atoms. The molecule has 0 spiro atoms. The number of thiophene rings is 1. The summed E-state index contributed by atoms with van der Waals surface area (Å²) in [5, 5.41) is 14.8. The Balaban J connectivity index is 1.54. The van der Waals surface area contributed by atoms with Crippen molar-refractivity contribution in [2.45, 2.75) is 31.8 Å². The van der Waals surface area contributed by atoms with E-state index in [1.165, 1.54) is 21.2 Å². The minimum absolute atomic E-state index is 0.244. The first-order valence-electron chi connectivity index (χ1n) is 7.49. The summed E-state index contributed by atoms with van der Waals surface area (Å²) in [6, 6.07) is 19.1. The summed E-state index contributed by atoms with van der Waals surface area (Å²) in [6.45, 7) is 0. The second-order valence-electron chi connectivity index (χ2n) is 5.51. The summed E-state index contributed by atoms with van der Waals surface area (Å²) < 4.78 is 0. The van der Waals surface area contributed by atoms with E-state index in [2.05, 4.69) is 60.0 Å². The zero-order valence-electron chi connectivity index (χ0n) is 12.0. The van der Waals surface area contributed by atoms with E-state index in [4.69, 9.17) is 0 Å². The van der Waals surface area contributed by atoms with E-state index in [1.807, 2.05) is 0 Å². The van der Waals surface area contributed by atoms with E-state index < -0.39 is 0 Å². The van der Waals surface area contributed by atoms with Gasteiger partial charge in [0.25, 0.3) is 0 Å². The van der Waals surface area contributed by atoms with Gasteiger partial charge in [0, 0.05) is 4.88 Å². The Kier molecular flexibility index (Phi) is 4.69. The first-order valence-corrected chi connectivity index (χ1v) is 8.37. The van der Waals surface area contributed by atoms with Crippen LogP contribution in [0.15, 0.2) is 60.0 Å². The molecule has 2 aromatic carbocycles. The second-order valence-corrected chi connectivity index (χ2v) is 6.54. The molecule has 0 aliphatic heterocycles. The normalized spacial score (nSPS) is 12.6. The Bertz CT molecular complexity index is 688. The van der Waals surface area contributed by atoms with Crippen LogP contribution in [0.4, 0.5) is 0 Å². The van der Waals surface area contributed by atoms with Crippen molar-refractivity contribution in [3.63, 3.8) is 0 Å². The standard InChI is InChI=1S/C19H20OS/c20-18(7-3-8-19-9-4-12-21-19)14-15-10-11-16-5-1-2-6-17(16)13-15/h1-2,4-6,9-13,18,20H,3,7-8,14H2. The average molecular weight is 296 g/mol. The van der Waals surface area contributed by atoms with E-state index >= 15 is 0 Å². The molecule has 2 heteroatoms. The Labute approximate surface area is 129 Å². The number of hydrogen-bond acceptors (Lipinski definition) is 2. The van der Waals surface area contributed by atoms with E-state index in [1.54, 1.807) is 11.3 Å². The van der Waals surface area contributed by atoms with Gasteiger partial charge in [0.2, 0.25) is 0 Å². The molecule has 0 amide bonds. The molecule has 3 aromatic rings. The van der Waals surface area contributed by atoms with Crippen molar-refractivity contribution in [1.29, 1.82) is 0 Å². The third-order valence-electron chi connectivity index (χ3n) is 3.83. The fourth-order valence-electron chi connectivity index (χ4n) is 2.71. The summed E-state index contributed by atoms with van der Waals surface area (Å²) in [4.78, 5) is 1.41. The van der Waals surface area contributed by atoms with E-state index in [9.17, 15) is 5.11 Å². The van der Waals surface area contributed by atoms with Gasteiger partial charge in [-0.25, -0.2) is 0 Å². The van der Waals surface area contributed by atoms with Crippen LogP contribution in [0.2, 0.25) is 0 Å². The Morgan fingerprint density at radius 3 is 2.62 bits per heavy atom. The molecule has 1 unspecified atom stereocenters. The zero-order valence-corrected chi connectivity index (χ0v) is 12.9. The summed E-state index contributed by atoms with van der Waals surface area (Å²) >= 11 is 1.80. The lowest BCUT2D eigenvalue weighted by Gasteiger charge is -2.11. The number of fused-ring (bicyclic) bond motifs is 1. The van der Waals surface area contributed by atoms with Crippen molar-refractivity contribution in [2.24, 2.45) is 0 Å². The Hall–Kier alpha value is -1.64. The molecule has 0 saturated carbocycles. The monoisotopic (exact) mass is 296 g/mol. The molecule has 1 nitrogen and oxygen atoms in total. The van der Waals surface area contributed by atoms with Crippen LogP contribution in [0, 0.1) is 0 Å². The quantitative estimate of drug-likeness (QED) is 0.691. The Morgan fingerprint density at radius 2 is 1.81 bits per heavy atom. The van der Waals surface area contributed by atoms with Crippen LogP contribution >= 0.6 is 11.3 Å². The molecule has 1 atom stereocenters. The minimum Gasteiger partial charge on any atom is -0.393 e. The van der Waals surface area contributed by atoms with Gasteiger partial charge < -0.3 is 5.11 Å². The number of benzene rings is 2. The van der Waals surface area contributed by atoms with Gasteiger partial charge in [0.05, 0.1) is 6.10 Å². The van der Waals surface area contributed by atoms with Crippen LogP contribution in [0.5, 0.6) is 0 Å². The van der Waals surface area contributed by atoms with Gasteiger partial charge >= 0.3 is 0 Å². The molecule has 0 fully saturated rings. The fourth-order valence-corrected chi connectivity index (χ4v) is 3.46. The molecule has 1 N–H and O–H groups in total. The first-order chi connectivity index (χ1) is 10.3. The third-order valence-corrected chi connectivity index (χ3v) is 4.76. The maximum atomic E-state index is 10.2. The molecular weight excluding hydrogens is 276 g/mol. The smallest absolute Gasteiger partial charge is 0.0580 e. The van der Waals surface area contributed by atoms with Crippen molar-refractivity contribution in [3.05, 3.63) is 70.4 Å². The van der Waals surface area contributed by atoms with Gasteiger partial charge in [-0.2, -0.15) is 0 Å². The predicted octanol–water partition coefficient (Wildman–Crippen LogP) is 4.83. The van der Waals surface area contributed by atoms with Gasteiger partial charge in [-0.1, -0.05) is 48.5 Å². The van der Waals surface area contributed by atoms with Crippen LogP contribution in [0.1, 0.15) is 23.3 Å². The van der Waals surface area contributed by atoms with Crippen LogP contribution in [-0.2, 0) is 12.8 Å². The van der Waals surface area contributed by atoms with Crippen LogP contribution in [0.3, 0.4) is 0 Å². The van der Waals surface area contributed by atoms with E-state index in [-0.39, 0.29) is 6.10 Å². The highest BCUT2D eigenvalue weighted by atomic mass is 32.1. The lowest BCUT2D eigenvalue weighted by molar-refractivity contribution is 0.162. The second kappa shape index (κ2) is 6.88. The van der Waals surface area contributed by atoms with Crippen molar-refractivity contribution < 1.29 is 5.11 Å². The molecule has 0 radical (unpaired) electrons. The lowest BCUT2D eigenvalue weighted by Crippen LogP contribution is -2.10. The van der Waals surface area contributed by atoms with Crippen molar-refractivity contribution in [1.82, 2.24) is 0 Å². The van der Waals surface area contributed by atoms with E-state index in [0.717, 1.165) is 25.7 Å². The minimum atomic E-state index is -0.244. The van der Waals surface area contributed by atoms with Crippen LogP contribution in [0.25, 0.3) is 10.8 Å². The van der Waals surface area contributed by atoms with Gasteiger partial charge in [-0.05, 0) is 53.5 Å². The van der Waals surface area contributed by atoms with Crippen LogP contribution in [-0.4, -0.2) is 11.2 Å². The number of aliphatic hydroxyl groups is 1. The van der Waals surface area contributed by atoms with Gasteiger partial charge in [0.1, 0.15) is 0 Å². The van der Waals surface area contributed by atoms with Gasteiger partial charge in [-0.3, -0.25) is 0 Å². The fraction of sp³-hybridized carbons (Fsp3) is 0.263. The molecule has 1 aromatic heterocycles. The molecule has 3 rings (SSSR count). The third kappa shape index (κ3) is 3.93. The first kappa shape index (κ1) is 14.3. The number of aryl methyl sites for hydroxylation is 1. The summed E-state index contributed by atoms with van der Waals surface area (Å²) in [5.74, 6) is 0. The largest absolute Gasteiger partial charge is 0.393 e. The number of hydrogen-bond donors (Lipinski definition) is 1. The number of aliphatic hydroxyl groups excluding tert-OH is 1. The maximum Gasteiger partial charge on any atom is 0.0580 e. The molecule has 0 saturated heterocycles.